The molecule has 5 nitrogen and oxygen atoms in total. The van der Waals surface area contributed by atoms with Gasteiger partial charge in [0.1, 0.15) is 5.75 Å². The number of amides is 1. The Hall–Kier alpha value is -3.05. The molecule has 1 amide bonds. The van der Waals surface area contributed by atoms with Crippen LogP contribution in [-0.4, -0.2) is 35.1 Å². The molecule has 0 saturated carbocycles. The Morgan fingerprint density at radius 1 is 1.06 bits per heavy atom. The van der Waals surface area contributed by atoms with Crippen molar-refractivity contribution in [3.8, 4) is 5.75 Å². The molecule has 31 heavy (non-hydrogen) atoms. The van der Waals surface area contributed by atoms with Gasteiger partial charge in [0.2, 0.25) is 5.91 Å². The lowest BCUT2D eigenvalue weighted by atomic mass is 9.97. The number of aromatic nitrogens is 1. The predicted octanol–water partition coefficient (Wildman–Crippen LogP) is 3.88. The number of carbonyl (C=O) groups is 1. The van der Waals surface area contributed by atoms with Gasteiger partial charge in [0.05, 0.1) is 19.1 Å². The molecule has 1 unspecified atom stereocenters. The van der Waals surface area contributed by atoms with E-state index in [-0.39, 0.29) is 11.9 Å². The number of fused-ring (bicyclic) bond motifs is 1. The Kier molecular flexibility index (Phi) is 6.73. The fourth-order valence-electron chi connectivity index (χ4n) is 4.35. The van der Waals surface area contributed by atoms with E-state index in [9.17, 15) is 4.79 Å². The van der Waals surface area contributed by atoms with E-state index in [2.05, 4.69) is 64.4 Å². The lowest BCUT2D eigenvalue weighted by Crippen LogP contribution is -2.41. The topological polar surface area (TPSA) is 46.5 Å². The number of carbonyl (C=O) groups excluding carboxylic acids is 1. The number of ether oxygens (including phenoxy) is 1. The summed E-state index contributed by atoms with van der Waals surface area (Å²) in [5, 5.41) is 3.18. The van der Waals surface area contributed by atoms with Crippen molar-refractivity contribution in [1.29, 1.82) is 0 Å². The molecule has 4 rings (SSSR count). The number of hydrogen-bond donors (Lipinski definition) is 1. The molecular formula is C26H31N3O2. The molecule has 1 N–H and O–H groups in total. The van der Waals surface area contributed by atoms with Crippen LogP contribution in [0.3, 0.4) is 0 Å². The van der Waals surface area contributed by atoms with E-state index in [0.717, 1.165) is 30.8 Å². The number of aryl methyl sites for hydroxylation is 1. The van der Waals surface area contributed by atoms with Crippen LogP contribution >= 0.6 is 0 Å². The van der Waals surface area contributed by atoms with Gasteiger partial charge >= 0.3 is 0 Å². The summed E-state index contributed by atoms with van der Waals surface area (Å²) in [6, 6.07) is 20.8. The molecule has 1 atom stereocenters. The van der Waals surface area contributed by atoms with Crippen molar-refractivity contribution < 1.29 is 9.53 Å². The first-order valence-corrected chi connectivity index (χ1v) is 11.0. The summed E-state index contributed by atoms with van der Waals surface area (Å²) in [5.41, 5.74) is 5.03. The zero-order valence-corrected chi connectivity index (χ0v) is 18.4. The maximum Gasteiger partial charge on any atom is 0.224 e. The smallest absolute Gasteiger partial charge is 0.224 e. The second-order valence-electron chi connectivity index (χ2n) is 8.11. The predicted molar refractivity (Wildman–Crippen MR) is 123 cm³/mol. The first kappa shape index (κ1) is 21.2. The van der Waals surface area contributed by atoms with Crippen LogP contribution in [0.2, 0.25) is 0 Å². The third kappa shape index (κ3) is 5.17. The largest absolute Gasteiger partial charge is 0.494 e. The number of nitrogens with zero attached hydrogens (tertiary/aromatic N) is 2. The van der Waals surface area contributed by atoms with Gasteiger partial charge in [-0.1, -0.05) is 36.4 Å². The molecule has 0 fully saturated rings. The van der Waals surface area contributed by atoms with Crippen molar-refractivity contribution in [2.75, 3.05) is 19.7 Å². The Bertz CT molecular complexity index is 1010. The van der Waals surface area contributed by atoms with Crippen LogP contribution in [0.15, 0.2) is 66.9 Å². The van der Waals surface area contributed by atoms with E-state index in [0.29, 0.717) is 19.6 Å². The molecule has 0 aliphatic carbocycles. The Morgan fingerprint density at radius 3 is 2.55 bits per heavy atom. The summed E-state index contributed by atoms with van der Waals surface area (Å²) in [4.78, 5) is 15.2. The van der Waals surface area contributed by atoms with Crippen LogP contribution in [-0.2, 0) is 31.2 Å². The molecule has 3 aromatic rings. The average molecular weight is 418 g/mol. The second-order valence-corrected chi connectivity index (χ2v) is 8.11. The molecule has 0 spiro atoms. The van der Waals surface area contributed by atoms with Gasteiger partial charge in [0.15, 0.2) is 0 Å². The highest BCUT2D eigenvalue weighted by atomic mass is 16.5. The first-order chi connectivity index (χ1) is 15.1. The first-order valence-electron chi connectivity index (χ1n) is 11.0. The zero-order valence-electron chi connectivity index (χ0n) is 18.4. The number of nitrogens with one attached hydrogen (secondary N) is 1. The van der Waals surface area contributed by atoms with Crippen LogP contribution in [0.4, 0.5) is 0 Å². The fourth-order valence-corrected chi connectivity index (χ4v) is 4.35. The summed E-state index contributed by atoms with van der Waals surface area (Å²) in [5.74, 6) is 0.876. The summed E-state index contributed by atoms with van der Waals surface area (Å²) in [6.07, 6.45) is 3.48. The van der Waals surface area contributed by atoms with Gasteiger partial charge in [0.25, 0.3) is 0 Å². The maximum absolute atomic E-state index is 12.7. The van der Waals surface area contributed by atoms with Crippen molar-refractivity contribution in [3.05, 3.63) is 89.2 Å². The van der Waals surface area contributed by atoms with Gasteiger partial charge in [0, 0.05) is 38.6 Å². The van der Waals surface area contributed by atoms with Gasteiger partial charge in [-0.3, -0.25) is 9.69 Å². The van der Waals surface area contributed by atoms with Crippen LogP contribution in [0.5, 0.6) is 5.75 Å². The minimum Gasteiger partial charge on any atom is -0.494 e. The minimum absolute atomic E-state index is 0.0424. The molecule has 2 aromatic carbocycles. The second kappa shape index (κ2) is 9.84. The molecule has 1 aromatic heterocycles. The normalized spacial score (nSPS) is 14.6. The molecule has 2 heterocycles. The fraction of sp³-hybridized carbons (Fsp3) is 0.346. The van der Waals surface area contributed by atoms with Crippen LogP contribution in [0.1, 0.15) is 35.3 Å². The van der Waals surface area contributed by atoms with E-state index in [1.807, 2.05) is 31.2 Å². The summed E-state index contributed by atoms with van der Waals surface area (Å²) in [6.45, 7) is 5.09. The third-order valence-corrected chi connectivity index (χ3v) is 6.02. The van der Waals surface area contributed by atoms with Gasteiger partial charge in [-0.15, -0.1) is 0 Å². The van der Waals surface area contributed by atoms with Gasteiger partial charge < -0.3 is 14.6 Å². The van der Waals surface area contributed by atoms with Crippen molar-refractivity contribution in [1.82, 2.24) is 14.8 Å². The molecular weight excluding hydrogens is 386 g/mol. The van der Waals surface area contributed by atoms with Gasteiger partial charge in [-0.25, -0.2) is 0 Å². The van der Waals surface area contributed by atoms with Crippen molar-refractivity contribution in [2.45, 2.75) is 32.4 Å². The molecule has 1 aliphatic heterocycles. The molecule has 0 saturated heterocycles. The highest BCUT2D eigenvalue weighted by molar-refractivity contribution is 5.78. The highest BCUT2D eigenvalue weighted by Gasteiger charge is 2.26. The van der Waals surface area contributed by atoms with E-state index in [1.165, 1.54) is 16.8 Å². The standard InChI is InChI=1S/C26H31N3O2/c1-3-31-23-12-10-20(11-13-23)17-26(30)27-18-25(24-9-6-15-28(24)2)29-16-14-21-7-4-5-8-22(21)19-29/h4-13,15,25H,3,14,16-19H2,1-2H3,(H,27,30). The number of rotatable bonds is 8. The quantitative estimate of drug-likeness (QED) is 0.605. The molecule has 0 bridgehead atoms. The Morgan fingerprint density at radius 2 is 1.84 bits per heavy atom. The summed E-state index contributed by atoms with van der Waals surface area (Å²) >= 11 is 0. The average Bonchev–Trinajstić information content (AvgIpc) is 3.21. The monoisotopic (exact) mass is 417 g/mol. The van der Waals surface area contributed by atoms with E-state index in [4.69, 9.17) is 4.74 Å². The van der Waals surface area contributed by atoms with E-state index in [1.54, 1.807) is 0 Å². The SMILES string of the molecule is CCOc1ccc(CC(=O)NCC(c2cccn2C)N2CCc3ccccc3C2)cc1. The van der Waals surface area contributed by atoms with Crippen molar-refractivity contribution >= 4 is 5.91 Å². The lowest BCUT2D eigenvalue weighted by Gasteiger charge is -2.36. The maximum atomic E-state index is 12.7. The van der Waals surface area contributed by atoms with Crippen LogP contribution < -0.4 is 10.1 Å². The van der Waals surface area contributed by atoms with E-state index >= 15 is 0 Å². The van der Waals surface area contributed by atoms with Crippen molar-refractivity contribution in [2.24, 2.45) is 7.05 Å². The number of benzene rings is 2. The molecule has 5 heteroatoms. The van der Waals surface area contributed by atoms with Crippen LogP contribution in [0.25, 0.3) is 0 Å². The van der Waals surface area contributed by atoms with E-state index < -0.39 is 0 Å². The van der Waals surface area contributed by atoms with Gasteiger partial charge in [-0.2, -0.15) is 0 Å². The molecule has 1 aliphatic rings. The zero-order chi connectivity index (χ0) is 21.6. The Labute approximate surface area is 184 Å². The summed E-state index contributed by atoms with van der Waals surface area (Å²) in [7, 11) is 2.07. The third-order valence-electron chi connectivity index (χ3n) is 6.02. The molecule has 0 radical (unpaired) electrons. The highest BCUT2D eigenvalue weighted by Crippen LogP contribution is 2.27. The van der Waals surface area contributed by atoms with Crippen molar-refractivity contribution in [3.63, 3.8) is 0 Å². The van der Waals surface area contributed by atoms with Gasteiger partial charge in [-0.05, 0) is 54.3 Å². The minimum atomic E-state index is 0.0424. The summed E-state index contributed by atoms with van der Waals surface area (Å²) < 4.78 is 7.64. The van der Waals surface area contributed by atoms with Crippen LogP contribution in [0, 0.1) is 0 Å². The lowest BCUT2D eigenvalue weighted by molar-refractivity contribution is -0.120. The number of hydrogen-bond acceptors (Lipinski definition) is 3. The Balaban J connectivity index is 1.42. The molecule has 162 valence electrons.